The van der Waals surface area contributed by atoms with Crippen molar-refractivity contribution in [2.45, 2.75) is 89.0 Å². The molecule has 2 aliphatic heterocycles. The maximum absolute atomic E-state index is 13.5. The zero-order valence-electron chi connectivity index (χ0n) is 31.0. The Hall–Kier alpha value is -5.66. The lowest BCUT2D eigenvalue weighted by Gasteiger charge is -2.36. The number of carbonyl (C=O) groups is 4. The Morgan fingerprint density at radius 1 is 0.778 bits per heavy atom. The lowest BCUT2D eigenvalue weighted by molar-refractivity contribution is -0.137. The van der Waals surface area contributed by atoms with Crippen molar-refractivity contribution in [2.75, 3.05) is 20.8 Å². The average molecular weight is 735 g/mol. The highest BCUT2D eigenvalue weighted by Gasteiger charge is 2.50. The number of methoxy groups -OCH3 is 2. The Labute approximate surface area is 313 Å². The summed E-state index contributed by atoms with van der Waals surface area (Å²) in [6.07, 6.45) is 8.83. The van der Waals surface area contributed by atoms with Crippen LogP contribution in [-0.2, 0) is 31.9 Å². The first kappa shape index (κ1) is 35.4. The van der Waals surface area contributed by atoms with Gasteiger partial charge in [-0.05, 0) is 110 Å². The number of aromatic amines is 2. The maximum atomic E-state index is 13.5. The molecule has 6 atom stereocenters. The standard InChI is InChI=1S/C40H46N8O6/c1-21(43-39(51)53-3)37(49)47-15-5-6-33(47)35-41-19-31(45-35)25-10-13-29-23(16-25)7-8-24-17-26(11-14-30(24)29)32-20-42-36(46-32)34-27-9-12-28(18-27)48(34)38(50)22(2)44-40(52)54-4/h10-11,13-14,16-17,19-22,27-28,33-34H,5-9,12,15,18H2,1-4H3,(H,41,45)(H,42,46)(H,43,51)(H,44,52)/t21-,22-,27-,28+,33-,34-/m0/s1. The number of ether oxygens (including phenoxy) is 2. The molecule has 14 nitrogen and oxygen atoms in total. The number of carbonyl (C=O) groups excluding carboxylic acids is 4. The molecule has 3 fully saturated rings. The molecule has 4 N–H and O–H groups in total. The molecule has 2 aromatic carbocycles. The van der Waals surface area contributed by atoms with E-state index in [4.69, 9.17) is 14.7 Å². The van der Waals surface area contributed by atoms with Crippen LogP contribution in [0.4, 0.5) is 9.59 Å². The zero-order chi connectivity index (χ0) is 37.7. The molecule has 54 heavy (non-hydrogen) atoms. The number of benzene rings is 2. The first-order valence-electron chi connectivity index (χ1n) is 18.8. The average Bonchev–Trinajstić information content (AvgIpc) is 4.05. The fraction of sp³-hybridized carbons (Fsp3) is 0.450. The van der Waals surface area contributed by atoms with Crippen molar-refractivity contribution in [1.82, 2.24) is 40.4 Å². The number of nitrogens with zero attached hydrogens (tertiary/aromatic N) is 4. The molecule has 2 aromatic heterocycles. The molecule has 2 aliphatic carbocycles. The van der Waals surface area contributed by atoms with Gasteiger partial charge in [0.1, 0.15) is 23.7 Å². The number of hydrogen-bond acceptors (Lipinski definition) is 8. The number of piperidine rings is 1. The van der Waals surface area contributed by atoms with E-state index in [0.29, 0.717) is 12.5 Å². The van der Waals surface area contributed by atoms with E-state index in [1.807, 2.05) is 17.3 Å². The van der Waals surface area contributed by atoms with Crippen molar-refractivity contribution in [3.8, 4) is 33.6 Å². The van der Waals surface area contributed by atoms with Gasteiger partial charge in [0.2, 0.25) is 11.8 Å². The van der Waals surface area contributed by atoms with Gasteiger partial charge in [0.25, 0.3) is 0 Å². The number of alkyl carbamates (subject to hydrolysis) is 2. The highest BCUT2D eigenvalue weighted by atomic mass is 16.5. The van der Waals surface area contributed by atoms with Crippen molar-refractivity contribution >= 4 is 24.0 Å². The van der Waals surface area contributed by atoms with Gasteiger partial charge in [0, 0.05) is 12.6 Å². The minimum absolute atomic E-state index is 0.118. The van der Waals surface area contributed by atoms with Gasteiger partial charge in [-0.15, -0.1) is 0 Å². The van der Waals surface area contributed by atoms with E-state index in [-0.39, 0.29) is 29.9 Å². The van der Waals surface area contributed by atoms with Crippen LogP contribution < -0.4 is 10.6 Å². The molecule has 4 amide bonds. The maximum Gasteiger partial charge on any atom is 0.407 e. The predicted molar refractivity (Wildman–Crippen MR) is 199 cm³/mol. The summed E-state index contributed by atoms with van der Waals surface area (Å²) in [6.45, 7) is 3.96. The van der Waals surface area contributed by atoms with Crippen molar-refractivity contribution in [3.63, 3.8) is 0 Å². The highest BCUT2D eigenvalue weighted by molar-refractivity contribution is 5.87. The number of likely N-dealkylation sites (tertiary alicyclic amines) is 2. The lowest BCUT2D eigenvalue weighted by Crippen LogP contribution is -2.50. The number of H-pyrrole nitrogens is 2. The molecule has 0 spiro atoms. The Morgan fingerprint density at radius 2 is 1.35 bits per heavy atom. The third kappa shape index (κ3) is 6.36. The number of nitrogens with one attached hydrogen (secondary N) is 4. The second kappa shape index (κ2) is 14.3. The molecular formula is C40H46N8O6. The van der Waals surface area contributed by atoms with E-state index in [9.17, 15) is 19.2 Å². The molecule has 2 bridgehead atoms. The van der Waals surface area contributed by atoms with Crippen LogP contribution in [0.15, 0.2) is 48.8 Å². The van der Waals surface area contributed by atoms with Crippen LogP contribution >= 0.6 is 0 Å². The van der Waals surface area contributed by atoms with Gasteiger partial charge in [0.05, 0.1) is 50.1 Å². The normalized spacial score (nSPS) is 22.3. The molecule has 2 saturated heterocycles. The molecule has 4 aliphatic rings. The summed E-state index contributed by atoms with van der Waals surface area (Å²) >= 11 is 0. The topological polar surface area (TPSA) is 175 Å². The van der Waals surface area contributed by atoms with Gasteiger partial charge < -0.3 is 39.9 Å². The van der Waals surface area contributed by atoms with E-state index >= 15 is 0 Å². The summed E-state index contributed by atoms with van der Waals surface area (Å²) in [5.74, 6) is 1.57. The number of aryl methyl sites for hydroxylation is 2. The van der Waals surface area contributed by atoms with Crippen molar-refractivity contribution in [2.24, 2.45) is 5.92 Å². The quantitative estimate of drug-likeness (QED) is 0.185. The summed E-state index contributed by atoms with van der Waals surface area (Å²) in [5.41, 5.74) is 8.86. The number of imidazole rings is 2. The molecule has 4 heterocycles. The Balaban J connectivity index is 0.976. The minimum atomic E-state index is -0.702. The summed E-state index contributed by atoms with van der Waals surface area (Å²) in [4.78, 5) is 70.5. The summed E-state index contributed by atoms with van der Waals surface area (Å²) in [6, 6.07) is 11.5. The molecule has 0 unspecified atom stereocenters. The van der Waals surface area contributed by atoms with Crippen LogP contribution in [0, 0.1) is 5.92 Å². The molecular weight excluding hydrogens is 688 g/mol. The number of fused-ring (bicyclic) bond motifs is 5. The molecule has 0 radical (unpaired) electrons. The monoisotopic (exact) mass is 734 g/mol. The van der Waals surface area contributed by atoms with E-state index in [0.717, 1.165) is 79.1 Å². The van der Waals surface area contributed by atoms with Gasteiger partial charge in [-0.3, -0.25) is 9.59 Å². The fourth-order valence-corrected chi connectivity index (χ4v) is 9.06. The zero-order valence-corrected chi connectivity index (χ0v) is 31.0. The van der Waals surface area contributed by atoms with Gasteiger partial charge in [-0.25, -0.2) is 19.6 Å². The molecule has 282 valence electrons. The number of amides is 4. The molecule has 8 rings (SSSR count). The van der Waals surface area contributed by atoms with Crippen molar-refractivity contribution in [3.05, 3.63) is 71.6 Å². The Bertz CT molecular complexity index is 2110. The first-order valence-corrected chi connectivity index (χ1v) is 18.8. The number of aromatic nitrogens is 4. The lowest BCUT2D eigenvalue weighted by atomic mass is 9.83. The second-order valence-corrected chi connectivity index (χ2v) is 14.9. The number of hydrogen-bond donors (Lipinski definition) is 4. The summed E-state index contributed by atoms with van der Waals surface area (Å²) in [5, 5.41) is 5.20. The van der Waals surface area contributed by atoms with E-state index < -0.39 is 24.3 Å². The van der Waals surface area contributed by atoms with Gasteiger partial charge in [-0.1, -0.05) is 24.3 Å². The van der Waals surface area contributed by atoms with Crippen molar-refractivity contribution in [1.29, 1.82) is 0 Å². The number of rotatable bonds is 8. The summed E-state index contributed by atoms with van der Waals surface area (Å²) < 4.78 is 9.38. The van der Waals surface area contributed by atoms with Crippen LogP contribution in [0.2, 0.25) is 0 Å². The highest BCUT2D eigenvalue weighted by Crippen LogP contribution is 2.50. The third-order valence-electron chi connectivity index (χ3n) is 11.7. The van der Waals surface area contributed by atoms with Gasteiger partial charge in [-0.2, -0.15) is 0 Å². The van der Waals surface area contributed by atoms with Crippen LogP contribution in [0.1, 0.15) is 80.8 Å². The summed E-state index contributed by atoms with van der Waals surface area (Å²) in [7, 11) is 2.57. The van der Waals surface area contributed by atoms with E-state index in [1.165, 1.54) is 36.5 Å². The Kier molecular flexibility index (Phi) is 9.36. The Morgan fingerprint density at radius 3 is 1.96 bits per heavy atom. The smallest absolute Gasteiger partial charge is 0.407 e. The first-order chi connectivity index (χ1) is 26.1. The molecule has 14 heteroatoms. The van der Waals surface area contributed by atoms with Crippen LogP contribution in [0.25, 0.3) is 33.6 Å². The van der Waals surface area contributed by atoms with Crippen LogP contribution in [-0.4, -0.2) is 92.6 Å². The third-order valence-corrected chi connectivity index (χ3v) is 11.7. The fourth-order valence-electron chi connectivity index (χ4n) is 9.06. The van der Waals surface area contributed by atoms with Gasteiger partial charge in [0.15, 0.2) is 0 Å². The van der Waals surface area contributed by atoms with E-state index in [2.05, 4.69) is 61.7 Å². The van der Waals surface area contributed by atoms with Crippen molar-refractivity contribution < 1.29 is 28.7 Å². The predicted octanol–water partition coefficient (Wildman–Crippen LogP) is 5.44. The SMILES string of the molecule is COC(=O)N[C@@H](C)C(=O)N1CCC[C@H]1c1ncc(-c2ccc3c(c2)CCc2cc(-c4cnc([C@@H]5[C@H]6CC[C@H](C6)N5C(=O)[C@H](C)NC(=O)OC)[nH]4)ccc2-3)[nH]1. The molecule has 1 saturated carbocycles. The van der Waals surface area contributed by atoms with Crippen LogP contribution in [0.3, 0.4) is 0 Å². The molecule has 4 aromatic rings. The largest absolute Gasteiger partial charge is 0.453 e. The second-order valence-electron chi connectivity index (χ2n) is 14.9. The van der Waals surface area contributed by atoms with Gasteiger partial charge >= 0.3 is 12.2 Å². The van der Waals surface area contributed by atoms with E-state index in [1.54, 1.807) is 18.7 Å². The minimum Gasteiger partial charge on any atom is -0.453 e. The van der Waals surface area contributed by atoms with Crippen LogP contribution in [0.5, 0.6) is 0 Å².